The first kappa shape index (κ1) is 17.2. The van der Waals surface area contributed by atoms with E-state index >= 15 is 0 Å². The molecule has 0 bridgehead atoms. The Labute approximate surface area is 160 Å². The first-order valence-corrected chi connectivity index (χ1v) is 10.7. The highest BCUT2D eigenvalue weighted by molar-refractivity contribution is 5.42. The Hall–Kier alpha value is -1.94. The number of rotatable bonds is 3. The number of benzene rings is 1. The average Bonchev–Trinajstić information content (AvgIpc) is 3.53. The van der Waals surface area contributed by atoms with Crippen molar-refractivity contribution < 1.29 is 0 Å². The lowest BCUT2D eigenvalue weighted by Crippen LogP contribution is -2.26. The second-order valence-corrected chi connectivity index (χ2v) is 8.66. The molecule has 5 rings (SSSR count). The Morgan fingerprint density at radius 3 is 2.74 bits per heavy atom. The van der Waals surface area contributed by atoms with Crippen LogP contribution in [0, 0.1) is 0 Å². The van der Waals surface area contributed by atoms with Gasteiger partial charge in [-0.05, 0) is 62.1 Å². The molecule has 3 aliphatic rings. The number of nitrogens with zero attached hydrogens (tertiary/aromatic N) is 1. The Morgan fingerprint density at radius 1 is 1.07 bits per heavy atom. The second kappa shape index (κ2) is 6.90. The summed E-state index contributed by atoms with van der Waals surface area (Å²) in [4.78, 5) is 20.9. The maximum Gasteiger partial charge on any atom is 0.255 e. The fourth-order valence-electron chi connectivity index (χ4n) is 5.07. The summed E-state index contributed by atoms with van der Waals surface area (Å²) in [7, 11) is 0. The molecule has 4 nitrogen and oxygen atoms in total. The van der Waals surface area contributed by atoms with Gasteiger partial charge in [-0.1, -0.05) is 43.5 Å². The van der Waals surface area contributed by atoms with Gasteiger partial charge in [0.05, 0.1) is 16.7 Å². The van der Waals surface area contributed by atoms with Crippen LogP contribution in [0.5, 0.6) is 0 Å². The van der Waals surface area contributed by atoms with Gasteiger partial charge in [0.2, 0.25) is 0 Å². The van der Waals surface area contributed by atoms with Crippen molar-refractivity contribution in [2.75, 3.05) is 6.54 Å². The second-order valence-electron chi connectivity index (χ2n) is 8.66. The van der Waals surface area contributed by atoms with Gasteiger partial charge in [0.15, 0.2) is 0 Å². The number of aromatic nitrogens is 2. The predicted octanol–water partition coefficient (Wildman–Crippen LogP) is 3.93. The summed E-state index contributed by atoms with van der Waals surface area (Å²) < 4.78 is 0. The van der Waals surface area contributed by atoms with Crippen LogP contribution in [-0.2, 0) is 18.4 Å². The summed E-state index contributed by atoms with van der Waals surface area (Å²) in [6.07, 6.45) is 10.8. The van der Waals surface area contributed by atoms with Gasteiger partial charge in [0, 0.05) is 6.54 Å². The topological polar surface area (TPSA) is 57.8 Å². The number of fused-ring (bicyclic) bond motifs is 1. The quantitative estimate of drug-likeness (QED) is 0.869. The molecule has 0 radical (unpaired) electrons. The molecule has 2 fully saturated rings. The minimum absolute atomic E-state index is 0.0547. The number of H-pyrrole nitrogens is 1. The lowest BCUT2D eigenvalue weighted by molar-refractivity contribution is 0.443. The third-order valence-electron chi connectivity index (χ3n) is 6.89. The molecule has 2 aromatic rings. The summed E-state index contributed by atoms with van der Waals surface area (Å²) in [6.45, 7) is 1.60. The van der Waals surface area contributed by atoms with E-state index in [0.717, 1.165) is 49.3 Å². The third-order valence-corrected chi connectivity index (χ3v) is 6.89. The number of hydrogen-bond donors (Lipinski definition) is 2. The third kappa shape index (κ3) is 3.14. The van der Waals surface area contributed by atoms with Crippen molar-refractivity contribution in [3.63, 3.8) is 0 Å². The number of aromatic amines is 1. The lowest BCUT2D eigenvalue weighted by Gasteiger charge is -2.24. The highest BCUT2D eigenvalue weighted by Gasteiger charge is 2.48. The van der Waals surface area contributed by atoms with Gasteiger partial charge in [0.1, 0.15) is 5.82 Å². The number of nitrogens with one attached hydrogen (secondary N) is 2. The first-order chi connectivity index (χ1) is 13.3. The SMILES string of the molecule is O=c1[nH]c(C2(c3cccc(C4CCCCC4)c3)CC2)nc2c1CNCCC2. The van der Waals surface area contributed by atoms with Crippen LogP contribution in [-0.4, -0.2) is 16.5 Å². The van der Waals surface area contributed by atoms with E-state index in [1.807, 2.05) is 0 Å². The van der Waals surface area contributed by atoms with Crippen molar-refractivity contribution in [3.05, 3.63) is 62.8 Å². The van der Waals surface area contributed by atoms with Gasteiger partial charge in [-0.3, -0.25) is 4.79 Å². The fourth-order valence-corrected chi connectivity index (χ4v) is 5.07. The van der Waals surface area contributed by atoms with Crippen LogP contribution < -0.4 is 10.9 Å². The van der Waals surface area contributed by atoms with Crippen molar-refractivity contribution in [1.82, 2.24) is 15.3 Å². The molecule has 142 valence electrons. The maximum atomic E-state index is 12.7. The molecule has 0 atom stereocenters. The number of aryl methyl sites for hydroxylation is 1. The molecule has 2 heterocycles. The summed E-state index contributed by atoms with van der Waals surface area (Å²) in [5, 5.41) is 3.33. The monoisotopic (exact) mass is 363 g/mol. The van der Waals surface area contributed by atoms with Crippen LogP contribution in [0.15, 0.2) is 29.1 Å². The van der Waals surface area contributed by atoms with Crippen LogP contribution in [0.2, 0.25) is 0 Å². The van der Waals surface area contributed by atoms with E-state index < -0.39 is 0 Å². The Balaban J connectivity index is 1.51. The number of hydrogen-bond acceptors (Lipinski definition) is 3. The van der Waals surface area contributed by atoms with Gasteiger partial charge in [-0.15, -0.1) is 0 Å². The molecular formula is C23H29N3O. The summed E-state index contributed by atoms with van der Waals surface area (Å²) in [5.41, 5.74) is 4.66. The summed E-state index contributed by atoms with van der Waals surface area (Å²) >= 11 is 0. The van der Waals surface area contributed by atoms with Gasteiger partial charge in [-0.2, -0.15) is 0 Å². The highest BCUT2D eigenvalue weighted by atomic mass is 16.1. The van der Waals surface area contributed by atoms with E-state index in [0.29, 0.717) is 12.5 Å². The molecular weight excluding hydrogens is 334 g/mol. The molecule has 0 saturated heterocycles. The molecule has 0 amide bonds. The Morgan fingerprint density at radius 2 is 1.93 bits per heavy atom. The van der Waals surface area contributed by atoms with Crippen molar-refractivity contribution >= 4 is 0 Å². The predicted molar refractivity (Wildman–Crippen MR) is 107 cm³/mol. The fraction of sp³-hybridized carbons (Fsp3) is 0.565. The van der Waals surface area contributed by atoms with Crippen molar-refractivity contribution in [2.24, 2.45) is 0 Å². The van der Waals surface area contributed by atoms with Crippen LogP contribution in [0.3, 0.4) is 0 Å². The molecule has 1 aromatic carbocycles. The van der Waals surface area contributed by atoms with E-state index in [1.165, 1.54) is 43.2 Å². The standard InChI is InChI=1S/C23H29N3O/c27-21-19-15-24-13-5-10-20(19)25-22(26-21)23(11-12-23)18-9-4-8-17(14-18)16-6-2-1-3-7-16/h4,8-9,14,16,24H,1-3,5-7,10-13,15H2,(H,25,26,27). The largest absolute Gasteiger partial charge is 0.312 e. The molecule has 4 heteroatoms. The highest BCUT2D eigenvalue weighted by Crippen LogP contribution is 2.52. The molecule has 2 N–H and O–H groups in total. The molecule has 0 unspecified atom stereocenters. The Bertz CT molecular complexity index is 891. The van der Waals surface area contributed by atoms with E-state index in [2.05, 4.69) is 34.6 Å². The van der Waals surface area contributed by atoms with Crippen LogP contribution >= 0.6 is 0 Å². The van der Waals surface area contributed by atoms with E-state index in [-0.39, 0.29) is 11.0 Å². The van der Waals surface area contributed by atoms with Crippen LogP contribution in [0.25, 0.3) is 0 Å². The Kier molecular flexibility index (Phi) is 4.39. The van der Waals surface area contributed by atoms with Crippen molar-refractivity contribution in [3.8, 4) is 0 Å². The van der Waals surface area contributed by atoms with E-state index in [9.17, 15) is 4.79 Å². The van der Waals surface area contributed by atoms with Crippen LogP contribution in [0.1, 0.15) is 85.5 Å². The smallest absolute Gasteiger partial charge is 0.255 e. The minimum Gasteiger partial charge on any atom is -0.312 e. The van der Waals surface area contributed by atoms with Gasteiger partial charge in [0.25, 0.3) is 5.56 Å². The zero-order chi connectivity index (χ0) is 18.3. The van der Waals surface area contributed by atoms with Gasteiger partial charge in [-0.25, -0.2) is 4.98 Å². The molecule has 1 aliphatic heterocycles. The zero-order valence-electron chi connectivity index (χ0n) is 16.0. The summed E-state index contributed by atoms with van der Waals surface area (Å²) in [6, 6.07) is 9.17. The first-order valence-electron chi connectivity index (χ1n) is 10.7. The van der Waals surface area contributed by atoms with Crippen LogP contribution in [0.4, 0.5) is 0 Å². The lowest BCUT2D eigenvalue weighted by atomic mass is 9.82. The van der Waals surface area contributed by atoms with E-state index in [4.69, 9.17) is 4.98 Å². The van der Waals surface area contributed by atoms with E-state index in [1.54, 1.807) is 0 Å². The maximum absolute atomic E-state index is 12.7. The summed E-state index contributed by atoms with van der Waals surface area (Å²) in [5.74, 6) is 1.61. The average molecular weight is 364 g/mol. The zero-order valence-corrected chi connectivity index (χ0v) is 16.0. The molecule has 27 heavy (non-hydrogen) atoms. The van der Waals surface area contributed by atoms with Gasteiger partial charge < -0.3 is 10.3 Å². The minimum atomic E-state index is -0.0708. The van der Waals surface area contributed by atoms with Crippen molar-refractivity contribution in [1.29, 1.82) is 0 Å². The molecule has 2 aliphatic carbocycles. The normalized spacial score (nSPS) is 22.1. The molecule has 2 saturated carbocycles. The van der Waals surface area contributed by atoms with Gasteiger partial charge >= 0.3 is 0 Å². The van der Waals surface area contributed by atoms with Crippen molar-refractivity contribution in [2.45, 2.75) is 75.7 Å². The molecule has 0 spiro atoms. The molecule has 1 aromatic heterocycles.